The number of ether oxygens (including phenoxy) is 1. The number of hydrogen-bond acceptors (Lipinski definition) is 1. The molecule has 1 nitrogen and oxygen atoms in total. The summed E-state index contributed by atoms with van der Waals surface area (Å²) in [6.07, 6.45) is 0.263. The Morgan fingerprint density at radius 2 is 1.21 bits per heavy atom. The molecule has 1 aliphatic rings. The molecule has 0 radical (unpaired) electrons. The molecule has 0 unspecified atom stereocenters. The molecule has 128 valence electrons. The molecule has 0 spiro atoms. The van der Waals surface area contributed by atoms with Gasteiger partial charge in [0.2, 0.25) is 0 Å². The van der Waals surface area contributed by atoms with Gasteiger partial charge in [-0.05, 0) is 59.1 Å². The van der Waals surface area contributed by atoms with Crippen LogP contribution in [0.4, 0.5) is 0 Å². The molecular formula is C23H30O. The Bertz CT molecular complexity index is 667. The fraction of sp³-hybridized carbons (Fsp3) is 0.478. The monoisotopic (exact) mass is 322 g/mol. The van der Waals surface area contributed by atoms with Gasteiger partial charge in [-0.1, -0.05) is 64.1 Å². The zero-order valence-corrected chi connectivity index (χ0v) is 15.9. The summed E-state index contributed by atoms with van der Waals surface area (Å²) >= 11 is 0. The van der Waals surface area contributed by atoms with Gasteiger partial charge in [-0.2, -0.15) is 0 Å². The van der Waals surface area contributed by atoms with Crippen LogP contribution in [0.2, 0.25) is 0 Å². The van der Waals surface area contributed by atoms with Gasteiger partial charge in [-0.15, -0.1) is 0 Å². The van der Waals surface area contributed by atoms with Gasteiger partial charge in [-0.3, -0.25) is 0 Å². The predicted molar refractivity (Wildman–Crippen MR) is 103 cm³/mol. The Labute approximate surface area is 147 Å². The first kappa shape index (κ1) is 17.2. The minimum absolute atomic E-state index is 0.263. The molecule has 1 heteroatoms. The third-order valence-corrected chi connectivity index (χ3v) is 5.12. The summed E-state index contributed by atoms with van der Waals surface area (Å²) in [5, 5.41) is 0. The van der Waals surface area contributed by atoms with Crippen LogP contribution in [0.5, 0.6) is 0 Å². The fourth-order valence-electron chi connectivity index (χ4n) is 3.58. The minimum atomic E-state index is 0.263. The first-order chi connectivity index (χ1) is 11.4. The van der Waals surface area contributed by atoms with E-state index in [1.807, 2.05) is 0 Å². The zero-order chi connectivity index (χ0) is 17.4. The van der Waals surface area contributed by atoms with E-state index in [1.54, 1.807) is 0 Å². The Kier molecular flexibility index (Phi) is 4.83. The highest BCUT2D eigenvalue weighted by molar-refractivity contribution is 5.79. The SMILES string of the molecule is CC(C)OCC1c2cc(C(C)C)ccc2-c2ccc(C(C)C)cc21. The second kappa shape index (κ2) is 6.72. The molecule has 0 atom stereocenters. The average molecular weight is 322 g/mol. The van der Waals surface area contributed by atoms with Crippen molar-refractivity contribution in [2.75, 3.05) is 6.61 Å². The molecule has 0 saturated heterocycles. The molecule has 0 N–H and O–H groups in total. The van der Waals surface area contributed by atoms with Gasteiger partial charge in [-0.25, -0.2) is 0 Å². The molecule has 3 rings (SSSR count). The van der Waals surface area contributed by atoms with Gasteiger partial charge in [0.15, 0.2) is 0 Å². The molecule has 2 aromatic rings. The molecule has 24 heavy (non-hydrogen) atoms. The average Bonchev–Trinajstić information content (AvgIpc) is 2.84. The van der Waals surface area contributed by atoms with Gasteiger partial charge in [0.05, 0.1) is 12.7 Å². The van der Waals surface area contributed by atoms with Crippen molar-refractivity contribution >= 4 is 0 Å². The number of rotatable bonds is 5. The van der Waals surface area contributed by atoms with E-state index in [2.05, 4.69) is 77.9 Å². The third kappa shape index (κ3) is 3.15. The summed E-state index contributed by atoms with van der Waals surface area (Å²) in [5.74, 6) is 1.46. The van der Waals surface area contributed by atoms with Gasteiger partial charge >= 0.3 is 0 Å². The third-order valence-electron chi connectivity index (χ3n) is 5.12. The lowest BCUT2D eigenvalue weighted by Gasteiger charge is -2.18. The van der Waals surface area contributed by atoms with Gasteiger partial charge in [0, 0.05) is 5.92 Å². The van der Waals surface area contributed by atoms with Crippen molar-refractivity contribution in [2.45, 2.75) is 65.4 Å². The van der Waals surface area contributed by atoms with Crippen LogP contribution in [-0.4, -0.2) is 12.7 Å². The normalized spacial score (nSPS) is 13.9. The summed E-state index contributed by atoms with van der Waals surface area (Å²) in [4.78, 5) is 0. The van der Waals surface area contributed by atoms with Crippen LogP contribution in [-0.2, 0) is 4.74 Å². The standard InChI is InChI=1S/C23H30O/c1-14(2)17-7-9-19-20-10-8-18(15(3)4)12-22(20)23(21(19)11-17)13-24-16(5)6/h7-12,14-16,23H,13H2,1-6H3. The number of hydrogen-bond donors (Lipinski definition) is 0. The van der Waals surface area contributed by atoms with E-state index in [-0.39, 0.29) is 6.10 Å². The Morgan fingerprint density at radius 3 is 1.58 bits per heavy atom. The van der Waals surface area contributed by atoms with Crippen LogP contribution in [0.3, 0.4) is 0 Å². The first-order valence-corrected chi connectivity index (χ1v) is 9.28. The molecule has 2 aromatic carbocycles. The second-order valence-electron chi connectivity index (χ2n) is 7.94. The molecule has 0 heterocycles. The van der Waals surface area contributed by atoms with Gasteiger partial charge < -0.3 is 4.74 Å². The van der Waals surface area contributed by atoms with Crippen LogP contribution in [0, 0.1) is 0 Å². The zero-order valence-electron chi connectivity index (χ0n) is 15.9. The quantitative estimate of drug-likeness (QED) is 0.613. The van der Waals surface area contributed by atoms with Crippen molar-refractivity contribution < 1.29 is 4.74 Å². The van der Waals surface area contributed by atoms with Crippen molar-refractivity contribution in [3.8, 4) is 11.1 Å². The largest absolute Gasteiger partial charge is 0.378 e. The number of benzene rings is 2. The molecule has 0 fully saturated rings. The molecule has 1 aliphatic carbocycles. The van der Waals surface area contributed by atoms with Crippen molar-refractivity contribution in [2.24, 2.45) is 0 Å². The molecular weight excluding hydrogens is 292 g/mol. The lowest BCUT2D eigenvalue weighted by atomic mass is 9.92. The highest BCUT2D eigenvalue weighted by Gasteiger charge is 2.30. The van der Waals surface area contributed by atoms with Gasteiger partial charge in [0.1, 0.15) is 0 Å². The highest BCUT2D eigenvalue weighted by atomic mass is 16.5. The van der Waals surface area contributed by atoms with Crippen molar-refractivity contribution in [1.29, 1.82) is 0 Å². The van der Waals surface area contributed by atoms with Crippen molar-refractivity contribution in [1.82, 2.24) is 0 Å². The molecule has 0 aromatic heterocycles. The topological polar surface area (TPSA) is 9.23 Å². The van der Waals surface area contributed by atoms with Crippen LogP contribution in [0.15, 0.2) is 36.4 Å². The summed E-state index contributed by atoms with van der Waals surface area (Å²) in [6.45, 7) is 14.1. The van der Waals surface area contributed by atoms with E-state index in [0.717, 1.165) is 6.61 Å². The maximum atomic E-state index is 6.04. The van der Waals surface area contributed by atoms with Crippen LogP contribution in [0.25, 0.3) is 11.1 Å². The second-order valence-corrected chi connectivity index (χ2v) is 7.94. The summed E-state index contributed by atoms with van der Waals surface area (Å²) < 4.78 is 6.04. The van der Waals surface area contributed by atoms with E-state index < -0.39 is 0 Å². The maximum absolute atomic E-state index is 6.04. The maximum Gasteiger partial charge on any atom is 0.0579 e. The van der Waals surface area contributed by atoms with Gasteiger partial charge in [0.25, 0.3) is 0 Å². The van der Waals surface area contributed by atoms with Crippen LogP contribution < -0.4 is 0 Å². The van der Waals surface area contributed by atoms with E-state index in [4.69, 9.17) is 4.74 Å². The van der Waals surface area contributed by atoms with E-state index in [1.165, 1.54) is 33.4 Å². The van der Waals surface area contributed by atoms with Crippen LogP contribution in [0.1, 0.15) is 81.5 Å². The summed E-state index contributed by atoms with van der Waals surface area (Å²) in [5.41, 5.74) is 8.50. The molecule has 0 bridgehead atoms. The predicted octanol–water partition coefficient (Wildman–Crippen LogP) is 6.47. The first-order valence-electron chi connectivity index (χ1n) is 9.28. The molecule has 0 aliphatic heterocycles. The van der Waals surface area contributed by atoms with E-state index in [0.29, 0.717) is 17.8 Å². The fourth-order valence-corrected chi connectivity index (χ4v) is 3.58. The van der Waals surface area contributed by atoms with E-state index >= 15 is 0 Å². The van der Waals surface area contributed by atoms with Crippen LogP contribution >= 0.6 is 0 Å². The van der Waals surface area contributed by atoms with E-state index in [9.17, 15) is 0 Å². The minimum Gasteiger partial charge on any atom is -0.378 e. The molecule has 0 amide bonds. The Balaban J connectivity index is 2.09. The lowest BCUT2D eigenvalue weighted by molar-refractivity contribution is 0.0739. The summed E-state index contributed by atoms with van der Waals surface area (Å²) in [6, 6.07) is 14.0. The summed E-state index contributed by atoms with van der Waals surface area (Å²) in [7, 11) is 0. The Morgan fingerprint density at radius 1 is 0.750 bits per heavy atom. The number of fused-ring (bicyclic) bond motifs is 3. The highest BCUT2D eigenvalue weighted by Crippen LogP contribution is 2.46. The van der Waals surface area contributed by atoms with Crippen molar-refractivity contribution in [3.63, 3.8) is 0 Å². The molecule has 0 saturated carbocycles. The Hall–Kier alpha value is -1.60. The van der Waals surface area contributed by atoms with Crippen molar-refractivity contribution in [3.05, 3.63) is 58.7 Å². The lowest BCUT2D eigenvalue weighted by Crippen LogP contribution is -2.12. The smallest absolute Gasteiger partial charge is 0.0579 e.